The SMILES string of the molecule is CCCCC=CN(CCC)CCC. The van der Waals surface area contributed by atoms with Gasteiger partial charge >= 0.3 is 0 Å². The van der Waals surface area contributed by atoms with E-state index in [1.807, 2.05) is 0 Å². The van der Waals surface area contributed by atoms with Crippen LogP contribution < -0.4 is 0 Å². The molecule has 0 heterocycles. The number of allylic oxidation sites excluding steroid dienone is 1. The molecule has 1 heteroatoms. The highest BCUT2D eigenvalue weighted by molar-refractivity contribution is 4.81. The number of rotatable bonds is 8. The zero-order valence-electron chi connectivity index (χ0n) is 9.55. The summed E-state index contributed by atoms with van der Waals surface area (Å²) in [5.41, 5.74) is 0. The molecule has 0 spiro atoms. The number of unbranched alkanes of at least 4 members (excludes halogenated alkanes) is 2. The molecule has 0 saturated carbocycles. The first-order chi connectivity index (χ1) is 6.35. The minimum atomic E-state index is 1.20. The standard InChI is InChI=1S/C12H25N/c1-4-7-8-9-12-13(10-5-2)11-6-3/h9,12H,4-8,10-11H2,1-3H3. The summed E-state index contributed by atoms with van der Waals surface area (Å²) in [4.78, 5) is 2.43. The van der Waals surface area contributed by atoms with Crippen molar-refractivity contribution in [2.24, 2.45) is 0 Å². The number of hydrogen-bond acceptors (Lipinski definition) is 1. The second kappa shape index (κ2) is 9.63. The third-order valence-electron chi connectivity index (χ3n) is 2.06. The molecule has 0 aromatic rings. The van der Waals surface area contributed by atoms with Gasteiger partial charge < -0.3 is 4.90 Å². The van der Waals surface area contributed by atoms with E-state index in [1.54, 1.807) is 0 Å². The quantitative estimate of drug-likeness (QED) is 0.517. The van der Waals surface area contributed by atoms with Crippen LogP contribution in [0.25, 0.3) is 0 Å². The van der Waals surface area contributed by atoms with Crippen molar-refractivity contribution in [2.45, 2.75) is 52.9 Å². The summed E-state index contributed by atoms with van der Waals surface area (Å²) >= 11 is 0. The normalized spacial score (nSPS) is 11.0. The minimum absolute atomic E-state index is 1.20. The van der Waals surface area contributed by atoms with E-state index < -0.39 is 0 Å². The molecule has 0 radical (unpaired) electrons. The molecule has 0 fully saturated rings. The van der Waals surface area contributed by atoms with E-state index in [0.29, 0.717) is 0 Å². The molecule has 0 saturated heterocycles. The molecular weight excluding hydrogens is 158 g/mol. The molecule has 0 rings (SSSR count). The molecule has 0 aliphatic rings. The summed E-state index contributed by atoms with van der Waals surface area (Å²) in [5.74, 6) is 0. The maximum Gasteiger partial charge on any atom is 0.0169 e. The maximum absolute atomic E-state index is 2.43. The van der Waals surface area contributed by atoms with Crippen LogP contribution in [0, 0.1) is 0 Å². The fourth-order valence-corrected chi connectivity index (χ4v) is 1.38. The Kier molecular flexibility index (Phi) is 9.29. The van der Waals surface area contributed by atoms with Gasteiger partial charge in [0.05, 0.1) is 0 Å². The Hall–Kier alpha value is -0.460. The van der Waals surface area contributed by atoms with Gasteiger partial charge in [-0.15, -0.1) is 0 Å². The molecule has 13 heavy (non-hydrogen) atoms. The minimum Gasteiger partial charge on any atom is -0.378 e. The number of nitrogens with zero attached hydrogens (tertiary/aromatic N) is 1. The van der Waals surface area contributed by atoms with Crippen molar-refractivity contribution in [2.75, 3.05) is 13.1 Å². The van der Waals surface area contributed by atoms with Gasteiger partial charge in [-0.1, -0.05) is 39.7 Å². The second-order valence-corrected chi connectivity index (χ2v) is 3.56. The predicted octanol–water partition coefficient (Wildman–Crippen LogP) is 3.81. The molecule has 0 atom stereocenters. The molecule has 0 N–H and O–H groups in total. The molecular formula is C12H25N. The van der Waals surface area contributed by atoms with E-state index in [-0.39, 0.29) is 0 Å². The van der Waals surface area contributed by atoms with E-state index in [1.165, 1.54) is 45.2 Å². The summed E-state index contributed by atoms with van der Waals surface area (Å²) in [5, 5.41) is 0. The van der Waals surface area contributed by atoms with E-state index in [9.17, 15) is 0 Å². The summed E-state index contributed by atoms with van der Waals surface area (Å²) in [7, 11) is 0. The van der Waals surface area contributed by atoms with Crippen LogP contribution in [0.4, 0.5) is 0 Å². The fraction of sp³-hybridized carbons (Fsp3) is 0.833. The molecule has 0 aliphatic carbocycles. The van der Waals surface area contributed by atoms with Gasteiger partial charge in [0.15, 0.2) is 0 Å². The van der Waals surface area contributed by atoms with Crippen LogP contribution in [-0.4, -0.2) is 18.0 Å². The molecule has 0 amide bonds. The molecule has 0 aliphatic heterocycles. The summed E-state index contributed by atoms with van der Waals surface area (Å²) in [6, 6.07) is 0. The molecule has 0 aromatic heterocycles. The van der Waals surface area contributed by atoms with Crippen LogP contribution >= 0.6 is 0 Å². The van der Waals surface area contributed by atoms with E-state index >= 15 is 0 Å². The third kappa shape index (κ3) is 7.89. The third-order valence-corrected chi connectivity index (χ3v) is 2.06. The average Bonchev–Trinajstić information content (AvgIpc) is 2.13. The van der Waals surface area contributed by atoms with Gasteiger partial charge in [-0.05, 0) is 25.5 Å². The van der Waals surface area contributed by atoms with Gasteiger partial charge in [0.2, 0.25) is 0 Å². The Morgan fingerprint density at radius 3 is 2.00 bits per heavy atom. The lowest BCUT2D eigenvalue weighted by atomic mass is 10.2. The Morgan fingerprint density at radius 2 is 1.54 bits per heavy atom. The zero-order valence-corrected chi connectivity index (χ0v) is 9.55. The van der Waals surface area contributed by atoms with Crippen molar-refractivity contribution in [3.63, 3.8) is 0 Å². The first-order valence-corrected chi connectivity index (χ1v) is 5.75. The molecule has 0 unspecified atom stereocenters. The van der Waals surface area contributed by atoms with Gasteiger partial charge in [0, 0.05) is 13.1 Å². The van der Waals surface area contributed by atoms with Crippen molar-refractivity contribution in [1.29, 1.82) is 0 Å². The lowest BCUT2D eigenvalue weighted by molar-refractivity contribution is 0.374. The van der Waals surface area contributed by atoms with Crippen molar-refractivity contribution >= 4 is 0 Å². The average molecular weight is 183 g/mol. The highest BCUT2D eigenvalue weighted by Crippen LogP contribution is 1.99. The van der Waals surface area contributed by atoms with Crippen molar-refractivity contribution < 1.29 is 0 Å². The lowest BCUT2D eigenvalue weighted by Gasteiger charge is -2.18. The van der Waals surface area contributed by atoms with Gasteiger partial charge in [0.25, 0.3) is 0 Å². The Bertz CT molecular complexity index is 112. The summed E-state index contributed by atoms with van der Waals surface area (Å²) < 4.78 is 0. The van der Waals surface area contributed by atoms with E-state index in [0.717, 1.165) is 0 Å². The zero-order chi connectivity index (χ0) is 9.94. The van der Waals surface area contributed by atoms with Crippen LogP contribution in [0.15, 0.2) is 12.3 Å². The second-order valence-electron chi connectivity index (χ2n) is 3.56. The highest BCUT2D eigenvalue weighted by Gasteiger charge is 1.93. The van der Waals surface area contributed by atoms with Crippen LogP contribution in [0.3, 0.4) is 0 Å². The number of hydrogen-bond donors (Lipinski definition) is 0. The highest BCUT2D eigenvalue weighted by atomic mass is 15.1. The molecule has 1 nitrogen and oxygen atoms in total. The van der Waals surface area contributed by atoms with Crippen molar-refractivity contribution in [3.8, 4) is 0 Å². The van der Waals surface area contributed by atoms with E-state index in [2.05, 4.69) is 37.9 Å². The summed E-state index contributed by atoms with van der Waals surface area (Å²) in [6.45, 7) is 9.13. The fourth-order valence-electron chi connectivity index (χ4n) is 1.38. The lowest BCUT2D eigenvalue weighted by Crippen LogP contribution is -2.18. The predicted molar refractivity (Wildman–Crippen MR) is 60.8 cm³/mol. The van der Waals surface area contributed by atoms with Gasteiger partial charge in [-0.3, -0.25) is 0 Å². The first kappa shape index (κ1) is 12.5. The summed E-state index contributed by atoms with van der Waals surface area (Å²) in [6.07, 6.45) is 10.9. The molecule has 78 valence electrons. The Morgan fingerprint density at radius 1 is 0.923 bits per heavy atom. The smallest absolute Gasteiger partial charge is 0.0169 e. The van der Waals surface area contributed by atoms with Gasteiger partial charge in [-0.2, -0.15) is 0 Å². The van der Waals surface area contributed by atoms with Gasteiger partial charge in [0.1, 0.15) is 0 Å². The van der Waals surface area contributed by atoms with Crippen LogP contribution in [0.1, 0.15) is 52.9 Å². The Labute approximate surface area is 83.8 Å². The maximum atomic E-state index is 2.43. The van der Waals surface area contributed by atoms with Crippen LogP contribution in [0.2, 0.25) is 0 Å². The van der Waals surface area contributed by atoms with Gasteiger partial charge in [-0.25, -0.2) is 0 Å². The van der Waals surface area contributed by atoms with Crippen molar-refractivity contribution in [3.05, 3.63) is 12.3 Å². The molecule has 0 aromatic carbocycles. The topological polar surface area (TPSA) is 3.24 Å². The van der Waals surface area contributed by atoms with Crippen LogP contribution in [-0.2, 0) is 0 Å². The first-order valence-electron chi connectivity index (χ1n) is 5.75. The largest absolute Gasteiger partial charge is 0.378 e. The molecule has 0 bridgehead atoms. The van der Waals surface area contributed by atoms with Crippen molar-refractivity contribution in [1.82, 2.24) is 4.90 Å². The monoisotopic (exact) mass is 183 g/mol. The van der Waals surface area contributed by atoms with Crippen LogP contribution in [0.5, 0.6) is 0 Å². The Balaban J connectivity index is 3.58. The van der Waals surface area contributed by atoms with E-state index in [4.69, 9.17) is 0 Å².